The number of thiazole rings is 1. The van der Waals surface area contributed by atoms with Gasteiger partial charge >= 0.3 is 0 Å². The number of β-amino-alcohol motifs (C(OH)–C–C–N with tert-alkyl or cyclic N) is 1. The third-order valence-corrected chi connectivity index (χ3v) is 6.78. The van der Waals surface area contributed by atoms with Gasteiger partial charge in [-0.2, -0.15) is 0 Å². The maximum absolute atomic E-state index is 13.2. The first-order chi connectivity index (χ1) is 15.5. The van der Waals surface area contributed by atoms with Crippen molar-refractivity contribution >= 4 is 23.0 Å². The average molecular weight is 454 g/mol. The number of hydrogen-bond donors (Lipinski definition) is 1. The Labute approximate surface area is 191 Å². The molecule has 8 heteroatoms. The summed E-state index contributed by atoms with van der Waals surface area (Å²) in [6.45, 7) is 3.88. The van der Waals surface area contributed by atoms with Crippen molar-refractivity contribution in [3.05, 3.63) is 59.1 Å². The molecule has 1 aliphatic rings. The second kappa shape index (κ2) is 9.75. The SMILES string of the molecule is CC[C@@H](C(=O)N1C[C@H](O)C[C@H]1C(=O)CCc1ccc(-c2cncs2)cc1)c1cc(C)no1. The van der Waals surface area contributed by atoms with Gasteiger partial charge < -0.3 is 14.5 Å². The average Bonchev–Trinajstić information content (AvgIpc) is 3.54. The Bertz CT molecular complexity index is 1060. The van der Waals surface area contributed by atoms with Crippen molar-refractivity contribution in [1.29, 1.82) is 0 Å². The standard InChI is InChI=1S/C24H27N3O4S/c1-3-19(22-10-15(2)26-31-22)24(30)27-13-18(28)11-20(27)21(29)9-6-16-4-7-17(8-5-16)23-12-25-14-32-23/h4-5,7-8,10,12,14,18-20,28H,3,6,9,11,13H2,1-2H3/t18-,19-,20+/m1/s1. The molecular formula is C24H27N3O4S. The summed E-state index contributed by atoms with van der Waals surface area (Å²) in [4.78, 5) is 33.0. The lowest BCUT2D eigenvalue weighted by molar-refractivity contribution is -0.139. The maximum Gasteiger partial charge on any atom is 0.234 e. The molecule has 1 aliphatic heterocycles. The molecule has 4 rings (SSSR count). The first-order valence-electron chi connectivity index (χ1n) is 10.9. The number of ketones is 1. The zero-order chi connectivity index (χ0) is 22.7. The Hall–Kier alpha value is -2.84. The smallest absolute Gasteiger partial charge is 0.234 e. The highest BCUT2D eigenvalue weighted by Gasteiger charge is 2.41. The first-order valence-corrected chi connectivity index (χ1v) is 11.8. The van der Waals surface area contributed by atoms with Crippen LogP contribution < -0.4 is 0 Å². The molecule has 0 unspecified atom stereocenters. The van der Waals surface area contributed by atoms with Gasteiger partial charge in [0.25, 0.3) is 0 Å². The molecular weight excluding hydrogens is 426 g/mol. The molecule has 1 amide bonds. The van der Waals surface area contributed by atoms with E-state index in [1.807, 2.05) is 37.4 Å². The summed E-state index contributed by atoms with van der Waals surface area (Å²) in [5, 5.41) is 14.1. The number of aliphatic hydroxyl groups is 1. The number of benzene rings is 1. The number of aliphatic hydroxyl groups excluding tert-OH is 1. The zero-order valence-corrected chi connectivity index (χ0v) is 19.0. The van der Waals surface area contributed by atoms with Gasteiger partial charge in [0.05, 0.1) is 34.1 Å². The Balaban J connectivity index is 1.41. The first kappa shape index (κ1) is 22.4. The number of nitrogens with zero attached hydrogens (tertiary/aromatic N) is 3. The summed E-state index contributed by atoms with van der Waals surface area (Å²) in [7, 11) is 0. The molecule has 0 spiro atoms. The van der Waals surface area contributed by atoms with Crippen molar-refractivity contribution in [2.75, 3.05) is 6.54 Å². The number of carbonyl (C=O) groups excluding carboxylic acids is 2. The summed E-state index contributed by atoms with van der Waals surface area (Å²) in [6, 6.07) is 9.27. The Kier molecular flexibility index (Phi) is 6.81. The van der Waals surface area contributed by atoms with E-state index in [2.05, 4.69) is 10.1 Å². The van der Waals surface area contributed by atoms with E-state index < -0.39 is 18.1 Å². The molecule has 1 N–H and O–H groups in total. The molecule has 2 aromatic heterocycles. The van der Waals surface area contributed by atoms with E-state index in [0.29, 0.717) is 30.7 Å². The van der Waals surface area contributed by atoms with Crippen LogP contribution in [0.1, 0.15) is 49.1 Å². The number of amides is 1. The minimum atomic E-state index is -0.694. The minimum Gasteiger partial charge on any atom is -0.391 e. The van der Waals surface area contributed by atoms with E-state index in [1.54, 1.807) is 29.8 Å². The van der Waals surface area contributed by atoms with E-state index >= 15 is 0 Å². The van der Waals surface area contributed by atoms with Gasteiger partial charge in [0.15, 0.2) is 5.78 Å². The van der Waals surface area contributed by atoms with Gasteiger partial charge in [-0.05, 0) is 30.9 Å². The highest BCUT2D eigenvalue weighted by molar-refractivity contribution is 7.13. The normalized spacial score (nSPS) is 19.3. The second-order valence-corrected chi connectivity index (χ2v) is 9.14. The lowest BCUT2D eigenvalue weighted by Gasteiger charge is -2.26. The fourth-order valence-electron chi connectivity index (χ4n) is 4.24. The molecule has 168 valence electrons. The minimum absolute atomic E-state index is 0.0231. The number of Topliss-reactive ketones (excluding diaryl/α,β-unsaturated/α-hetero) is 1. The quantitative estimate of drug-likeness (QED) is 0.558. The van der Waals surface area contributed by atoms with Crippen LogP contribution >= 0.6 is 11.3 Å². The zero-order valence-electron chi connectivity index (χ0n) is 18.2. The van der Waals surface area contributed by atoms with E-state index in [4.69, 9.17) is 4.52 Å². The largest absolute Gasteiger partial charge is 0.391 e. The predicted octanol–water partition coefficient (Wildman–Crippen LogP) is 3.76. The van der Waals surface area contributed by atoms with Crippen LogP contribution in [0.2, 0.25) is 0 Å². The maximum atomic E-state index is 13.2. The van der Waals surface area contributed by atoms with E-state index in [0.717, 1.165) is 16.0 Å². The van der Waals surface area contributed by atoms with Gasteiger partial charge in [-0.25, -0.2) is 0 Å². The predicted molar refractivity (Wildman–Crippen MR) is 121 cm³/mol. The summed E-state index contributed by atoms with van der Waals surface area (Å²) in [6.07, 6.45) is 2.87. The van der Waals surface area contributed by atoms with Gasteiger partial charge in [-0.3, -0.25) is 14.6 Å². The molecule has 3 heterocycles. The van der Waals surface area contributed by atoms with Crippen LogP contribution in [0.3, 0.4) is 0 Å². The van der Waals surface area contributed by atoms with Gasteiger partial charge in [0.2, 0.25) is 5.91 Å². The topological polar surface area (TPSA) is 96.5 Å². The molecule has 7 nitrogen and oxygen atoms in total. The molecule has 0 bridgehead atoms. The molecule has 1 fully saturated rings. The fraction of sp³-hybridized carbons (Fsp3) is 0.417. The van der Waals surface area contributed by atoms with Crippen LogP contribution in [-0.4, -0.2) is 50.5 Å². The van der Waals surface area contributed by atoms with Gasteiger partial charge in [0, 0.05) is 31.6 Å². The number of aromatic nitrogens is 2. The van der Waals surface area contributed by atoms with Crippen molar-refractivity contribution in [3.63, 3.8) is 0 Å². The Morgan fingerprint density at radius 1 is 1.31 bits per heavy atom. The lowest BCUT2D eigenvalue weighted by Crippen LogP contribution is -2.43. The third kappa shape index (κ3) is 4.81. The summed E-state index contributed by atoms with van der Waals surface area (Å²) in [5.74, 6) is -0.211. The van der Waals surface area contributed by atoms with Crippen LogP contribution in [0.5, 0.6) is 0 Å². The highest BCUT2D eigenvalue weighted by atomic mass is 32.1. The van der Waals surface area contributed by atoms with Crippen molar-refractivity contribution in [2.45, 2.75) is 57.6 Å². The number of rotatable bonds is 8. The Morgan fingerprint density at radius 2 is 2.09 bits per heavy atom. The second-order valence-electron chi connectivity index (χ2n) is 8.26. The van der Waals surface area contributed by atoms with Crippen molar-refractivity contribution in [2.24, 2.45) is 0 Å². The van der Waals surface area contributed by atoms with Crippen LogP contribution in [0.15, 0.2) is 46.6 Å². The number of hydrogen-bond acceptors (Lipinski definition) is 7. The van der Waals surface area contributed by atoms with E-state index in [1.165, 1.54) is 4.90 Å². The van der Waals surface area contributed by atoms with Crippen molar-refractivity contribution in [1.82, 2.24) is 15.0 Å². The molecule has 0 aliphatic carbocycles. The number of likely N-dealkylation sites (tertiary alicyclic amines) is 1. The Morgan fingerprint density at radius 3 is 2.72 bits per heavy atom. The molecule has 32 heavy (non-hydrogen) atoms. The summed E-state index contributed by atoms with van der Waals surface area (Å²) >= 11 is 1.59. The summed E-state index contributed by atoms with van der Waals surface area (Å²) < 4.78 is 5.31. The fourth-order valence-corrected chi connectivity index (χ4v) is 4.87. The van der Waals surface area contributed by atoms with Crippen molar-refractivity contribution < 1.29 is 19.2 Å². The molecule has 1 saturated heterocycles. The number of aryl methyl sites for hydroxylation is 2. The molecule has 1 aromatic carbocycles. The van der Waals surface area contributed by atoms with Crippen LogP contribution in [0, 0.1) is 6.92 Å². The monoisotopic (exact) mass is 453 g/mol. The van der Waals surface area contributed by atoms with E-state index in [-0.39, 0.29) is 24.7 Å². The molecule has 0 radical (unpaired) electrons. The highest BCUT2D eigenvalue weighted by Crippen LogP contribution is 2.29. The number of carbonyl (C=O) groups is 2. The van der Waals surface area contributed by atoms with Crippen LogP contribution in [-0.2, 0) is 16.0 Å². The van der Waals surface area contributed by atoms with Crippen LogP contribution in [0.4, 0.5) is 0 Å². The molecule has 3 atom stereocenters. The molecule has 3 aromatic rings. The van der Waals surface area contributed by atoms with E-state index in [9.17, 15) is 14.7 Å². The van der Waals surface area contributed by atoms with Gasteiger partial charge in [0.1, 0.15) is 5.76 Å². The van der Waals surface area contributed by atoms with Gasteiger partial charge in [-0.1, -0.05) is 36.3 Å². The third-order valence-electron chi connectivity index (χ3n) is 5.96. The van der Waals surface area contributed by atoms with Crippen molar-refractivity contribution in [3.8, 4) is 10.4 Å². The summed E-state index contributed by atoms with van der Waals surface area (Å²) in [5.41, 5.74) is 4.68. The molecule has 0 saturated carbocycles. The van der Waals surface area contributed by atoms with Crippen LogP contribution in [0.25, 0.3) is 10.4 Å². The lowest BCUT2D eigenvalue weighted by atomic mass is 9.98. The van der Waals surface area contributed by atoms with Gasteiger partial charge in [-0.15, -0.1) is 11.3 Å².